The van der Waals surface area contributed by atoms with Crippen molar-refractivity contribution in [2.75, 3.05) is 13.1 Å². The monoisotopic (exact) mass is 337 g/mol. The van der Waals surface area contributed by atoms with Gasteiger partial charge in [0.15, 0.2) is 0 Å². The van der Waals surface area contributed by atoms with Crippen LogP contribution < -0.4 is 0 Å². The fourth-order valence-electron chi connectivity index (χ4n) is 3.78. The SMILES string of the molecule is Cn1cnnc1CC1(O)CCCN(Cc2cccc3cccnc23)C1. The summed E-state index contributed by atoms with van der Waals surface area (Å²) in [6.07, 6.45) is 5.83. The third kappa shape index (κ3) is 3.41. The Morgan fingerprint density at radius 2 is 2.12 bits per heavy atom. The first-order chi connectivity index (χ1) is 12.1. The maximum absolute atomic E-state index is 11.1. The summed E-state index contributed by atoms with van der Waals surface area (Å²) in [5.74, 6) is 0.830. The molecule has 0 bridgehead atoms. The van der Waals surface area contributed by atoms with Gasteiger partial charge in [0.05, 0.1) is 11.1 Å². The molecule has 1 fully saturated rings. The van der Waals surface area contributed by atoms with Gasteiger partial charge in [0, 0.05) is 38.1 Å². The van der Waals surface area contributed by atoms with Crippen molar-refractivity contribution >= 4 is 10.9 Å². The van der Waals surface area contributed by atoms with Crippen molar-refractivity contribution in [2.24, 2.45) is 7.05 Å². The van der Waals surface area contributed by atoms with E-state index in [2.05, 4.69) is 44.3 Å². The van der Waals surface area contributed by atoms with Crippen molar-refractivity contribution in [2.45, 2.75) is 31.4 Å². The third-order valence-electron chi connectivity index (χ3n) is 5.04. The predicted molar refractivity (Wildman–Crippen MR) is 95.9 cm³/mol. The minimum atomic E-state index is -0.753. The summed E-state index contributed by atoms with van der Waals surface area (Å²) in [5.41, 5.74) is 1.50. The quantitative estimate of drug-likeness (QED) is 0.788. The van der Waals surface area contributed by atoms with Crippen LogP contribution in [0.3, 0.4) is 0 Å². The summed E-state index contributed by atoms with van der Waals surface area (Å²) in [6, 6.07) is 10.4. The summed E-state index contributed by atoms with van der Waals surface area (Å²) in [7, 11) is 1.92. The molecule has 4 rings (SSSR count). The molecule has 1 aliphatic heterocycles. The van der Waals surface area contributed by atoms with E-state index in [1.807, 2.05) is 23.9 Å². The van der Waals surface area contributed by atoms with Gasteiger partial charge in [0.25, 0.3) is 0 Å². The van der Waals surface area contributed by atoms with Gasteiger partial charge < -0.3 is 9.67 Å². The average molecular weight is 337 g/mol. The van der Waals surface area contributed by atoms with Gasteiger partial charge in [-0.2, -0.15) is 0 Å². The molecule has 0 spiro atoms. The third-order valence-corrected chi connectivity index (χ3v) is 5.04. The van der Waals surface area contributed by atoms with Crippen molar-refractivity contribution in [3.05, 3.63) is 54.2 Å². The average Bonchev–Trinajstić information content (AvgIpc) is 2.99. The molecule has 3 heterocycles. The molecule has 0 saturated carbocycles. The highest BCUT2D eigenvalue weighted by Gasteiger charge is 2.34. The highest BCUT2D eigenvalue weighted by molar-refractivity contribution is 5.81. The molecule has 1 aromatic carbocycles. The van der Waals surface area contributed by atoms with Crippen molar-refractivity contribution in [3.8, 4) is 0 Å². The molecule has 6 heteroatoms. The van der Waals surface area contributed by atoms with E-state index in [1.54, 1.807) is 6.33 Å². The second-order valence-electron chi connectivity index (χ2n) is 7.07. The highest BCUT2D eigenvalue weighted by Crippen LogP contribution is 2.27. The molecule has 0 amide bonds. The maximum Gasteiger partial charge on any atom is 0.135 e. The van der Waals surface area contributed by atoms with Crippen LogP contribution in [0.5, 0.6) is 0 Å². The van der Waals surface area contributed by atoms with E-state index in [0.717, 1.165) is 42.7 Å². The van der Waals surface area contributed by atoms with Crippen molar-refractivity contribution < 1.29 is 5.11 Å². The van der Waals surface area contributed by atoms with Gasteiger partial charge in [0.1, 0.15) is 12.2 Å². The Kier molecular flexibility index (Phi) is 4.23. The zero-order chi connectivity index (χ0) is 17.3. The number of β-amino-alcohol motifs (C(OH)–C–C–N with tert-alkyl or cyclic N) is 1. The maximum atomic E-state index is 11.1. The lowest BCUT2D eigenvalue weighted by Gasteiger charge is -2.39. The number of benzene rings is 1. The molecule has 3 aromatic rings. The van der Waals surface area contributed by atoms with Crippen molar-refractivity contribution in [3.63, 3.8) is 0 Å². The molecule has 1 N–H and O–H groups in total. The number of para-hydroxylation sites is 1. The topological polar surface area (TPSA) is 67.1 Å². The van der Waals surface area contributed by atoms with E-state index >= 15 is 0 Å². The molecule has 2 aromatic heterocycles. The van der Waals surface area contributed by atoms with E-state index in [1.165, 1.54) is 5.56 Å². The number of rotatable bonds is 4. The zero-order valence-corrected chi connectivity index (χ0v) is 14.5. The van der Waals surface area contributed by atoms with Crippen LogP contribution in [-0.2, 0) is 20.0 Å². The minimum Gasteiger partial charge on any atom is -0.388 e. The summed E-state index contributed by atoms with van der Waals surface area (Å²) in [5, 5.41) is 20.3. The van der Waals surface area contributed by atoms with Gasteiger partial charge in [-0.15, -0.1) is 10.2 Å². The molecule has 6 nitrogen and oxygen atoms in total. The Hall–Kier alpha value is -2.31. The molecule has 1 atom stereocenters. The van der Waals surface area contributed by atoms with Crippen LogP contribution in [0.15, 0.2) is 42.9 Å². The molecular formula is C19H23N5O. The number of pyridine rings is 1. The lowest BCUT2D eigenvalue weighted by molar-refractivity contribution is -0.0343. The molecule has 130 valence electrons. The number of likely N-dealkylation sites (tertiary alicyclic amines) is 1. The Balaban J connectivity index is 1.52. The van der Waals surface area contributed by atoms with Crippen molar-refractivity contribution in [1.82, 2.24) is 24.6 Å². The van der Waals surface area contributed by atoms with Gasteiger partial charge >= 0.3 is 0 Å². The Labute approximate surface area is 147 Å². The first kappa shape index (κ1) is 16.2. The van der Waals surface area contributed by atoms with E-state index < -0.39 is 5.60 Å². The van der Waals surface area contributed by atoms with E-state index in [-0.39, 0.29) is 0 Å². The number of hydrogen-bond acceptors (Lipinski definition) is 5. The number of aliphatic hydroxyl groups is 1. The summed E-state index contributed by atoms with van der Waals surface area (Å²) in [6.45, 7) is 2.43. The molecule has 1 unspecified atom stereocenters. The van der Waals surface area contributed by atoms with Gasteiger partial charge in [-0.3, -0.25) is 9.88 Å². The lowest BCUT2D eigenvalue weighted by atomic mass is 9.89. The van der Waals surface area contributed by atoms with Crippen LogP contribution in [0.1, 0.15) is 24.2 Å². The molecule has 0 aliphatic carbocycles. The van der Waals surface area contributed by atoms with Gasteiger partial charge in [-0.05, 0) is 31.0 Å². The van der Waals surface area contributed by atoms with Crippen LogP contribution in [0.2, 0.25) is 0 Å². The standard InChI is InChI=1S/C19H23N5O/c1-23-14-21-22-17(23)11-19(25)8-4-10-24(13-19)12-16-6-2-5-15-7-3-9-20-18(15)16/h2-3,5-7,9,14,25H,4,8,10-13H2,1H3. The predicted octanol–water partition coefficient (Wildman–Crippen LogP) is 1.93. The molecule has 0 radical (unpaired) electrons. The van der Waals surface area contributed by atoms with Gasteiger partial charge in [0.2, 0.25) is 0 Å². The summed E-state index contributed by atoms with van der Waals surface area (Å²) < 4.78 is 1.88. The first-order valence-electron chi connectivity index (χ1n) is 8.73. The van der Waals surface area contributed by atoms with Crippen LogP contribution in [0.4, 0.5) is 0 Å². The Bertz CT molecular complexity index is 872. The summed E-state index contributed by atoms with van der Waals surface area (Å²) >= 11 is 0. The number of fused-ring (bicyclic) bond motifs is 1. The first-order valence-corrected chi connectivity index (χ1v) is 8.73. The summed E-state index contributed by atoms with van der Waals surface area (Å²) in [4.78, 5) is 6.87. The number of aromatic nitrogens is 4. The normalized spacial score (nSPS) is 21.7. The van der Waals surface area contributed by atoms with Gasteiger partial charge in [-0.25, -0.2) is 0 Å². The van der Waals surface area contributed by atoms with E-state index in [0.29, 0.717) is 13.0 Å². The lowest BCUT2D eigenvalue weighted by Crippen LogP contribution is -2.49. The molecule has 1 saturated heterocycles. The molecule has 1 aliphatic rings. The second kappa shape index (κ2) is 6.54. The van der Waals surface area contributed by atoms with Gasteiger partial charge in [-0.1, -0.05) is 24.3 Å². The molecule has 25 heavy (non-hydrogen) atoms. The molecular weight excluding hydrogens is 314 g/mol. The second-order valence-corrected chi connectivity index (χ2v) is 7.07. The largest absolute Gasteiger partial charge is 0.388 e. The Morgan fingerprint density at radius 1 is 1.24 bits per heavy atom. The van der Waals surface area contributed by atoms with Crippen LogP contribution in [0, 0.1) is 0 Å². The number of aryl methyl sites for hydroxylation is 1. The fourth-order valence-corrected chi connectivity index (χ4v) is 3.78. The number of hydrogen-bond donors (Lipinski definition) is 1. The minimum absolute atomic E-state index is 0.536. The number of piperidine rings is 1. The van der Waals surface area contributed by atoms with E-state index in [9.17, 15) is 5.11 Å². The van der Waals surface area contributed by atoms with Crippen LogP contribution >= 0.6 is 0 Å². The highest BCUT2D eigenvalue weighted by atomic mass is 16.3. The Morgan fingerprint density at radius 3 is 2.96 bits per heavy atom. The number of nitrogens with zero attached hydrogens (tertiary/aromatic N) is 5. The smallest absolute Gasteiger partial charge is 0.135 e. The zero-order valence-electron chi connectivity index (χ0n) is 14.5. The van der Waals surface area contributed by atoms with Crippen LogP contribution in [0.25, 0.3) is 10.9 Å². The fraction of sp³-hybridized carbons (Fsp3) is 0.421. The van der Waals surface area contributed by atoms with Crippen molar-refractivity contribution in [1.29, 1.82) is 0 Å². The van der Waals surface area contributed by atoms with E-state index in [4.69, 9.17) is 0 Å². The van der Waals surface area contributed by atoms with Crippen LogP contribution in [-0.4, -0.2) is 48.4 Å².